The Morgan fingerprint density at radius 2 is 1.95 bits per heavy atom. The standard InChI is InChI=1S/C33H32ClFN8O/c1-32(2,3)17-38-26-19(15-36)16-37-27-24(26)10-20(11-25(27)34)39-28(22-6-5-7-23-21(22)8-9-42(4)31(23)44)29-30(35)43(41-40-29)33-12-18(13-33)14-33/h5-11,16,18,28,39H,12-14,17H2,1-4H3,(H,37,38). The summed E-state index contributed by atoms with van der Waals surface area (Å²) in [6, 6.07) is 12.3. The van der Waals surface area contributed by atoms with E-state index in [9.17, 15) is 10.1 Å². The number of hydrogen-bond donors (Lipinski definition) is 2. The Balaban J connectivity index is 1.39. The third-order valence-electron chi connectivity index (χ3n) is 8.99. The van der Waals surface area contributed by atoms with Crippen LogP contribution in [0.1, 0.15) is 62.9 Å². The average molecular weight is 611 g/mol. The summed E-state index contributed by atoms with van der Waals surface area (Å²) in [6.07, 6.45) is 5.95. The van der Waals surface area contributed by atoms with Gasteiger partial charge in [0.2, 0.25) is 5.95 Å². The highest BCUT2D eigenvalue weighted by Gasteiger charge is 2.60. The number of nitrogens with zero attached hydrogens (tertiary/aromatic N) is 6. The third-order valence-corrected chi connectivity index (χ3v) is 9.27. The minimum absolute atomic E-state index is 0.0533. The number of rotatable bonds is 7. The van der Waals surface area contributed by atoms with Gasteiger partial charge in [-0.3, -0.25) is 9.78 Å². The van der Waals surface area contributed by atoms with Crippen LogP contribution in [-0.2, 0) is 12.6 Å². The fourth-order valence-corrected chi connectivity index (χ4v) is 6.81. The van der Waals surface area contributed by atoms with Crippen LogP contribution in [0.4, 0.5) is 15.8 Å². The van der Waals surface area contributed by atoms with Crippen molar-refractivity contribution in [2.24, 2.45) is 18.4 Å². The van der Waals surface area contributed by atoms with Crippen LogP contribution >= 0.6 is 11.6 Å². The Bertz CT molecular complexity index is 2050. The molecule has 224 valence electrons. The molecular weight excluding hydrogens is 579 g/mol. The number of halogens is 2. The highest BCUT2D eigenvalue weighted by atomic mass is 35.5. The maximum atomic E-state index is 16.3. The molecule has 0 spiro atoms. The summed E-state index contributed by atoms with van der Waals surface area (Å²) < 4.78 is 19.3. The van der Waals surface area contributed by atoms with E-state index in [0.717, 1.165) is 19.3 Å². The van der Waals surface area contributed by atoms with Gasteiger partial charge in [0, 0.05) is 42.4 Å². The molecule has 3 saturated carbocycles. The fraction of sp³-hybridized carbons (Fsp3) is 0.364. The van der Waals surface area contributed by atoms with Crippen LogP contribution in [0.3, 0.4) is 0 Å². The molecule has 0 saturated heterocycles. The second-order valence-electron chi connectivity index (χ2n) is 13.4. The number of aromatic nitrogens is 5. The second kappa shape index (κ2) is 10.0. The van der Waals surface area contributed by atoms with Gasteiger partial charge in [-0.1, -0.05) is 49.7 Å². The van der Waals surface area contributed by atoms with Crippen molar-refractivity contribution in [3.05, 3.63) is 86.9 Å². The minimum atomic E-state index is -0.807. The number of hydrogen-bond acceptors (Lipinski definition) is 7. The molecule has 11 heteroatoms. The molecule has 2 bridgehead atoms. The highest BCUT2D eigenvalue weighted by molar-refractivity contribution is 6.35. The van der Waals surface area contributed by atoms with E-state index in [1.54, 1.807) is 31.4 Å². The van der Waals surface area contributed by atoms with Gasteiger partial charge in [-0.05, 0) is 65.8 Å². The number of fused-ring (bicyclic) bond motifs is 2. The largest absolute Gasteiger partial charge is 0.383 e. The van der Waals surface area contributed by atoms with Crippen molar-refractivity contribution < 1.29 is 4.39 Å². The van der Waals surface area contributed by atoms with E-state index < -0.39 is 12.0 Å². The van der Waals surface area contributed by atoms with Crippen molar-refractivity contribution in [2.45, 2.75) is 51.6 Å². The second-order valence-corrected chi connectivity index (χ2v) is 13.8. The number of pyridine rings is 2. The first-order valence-corrected chi connectivity index (χ1v) is 15.1. The van der Waals surface area contributed by atoms with E-state index in [4.69, 9.17) is 11.6 Å². The zero-order valence-electron chi connectivity index (χ0n) is 24.9. The first-order chi connectivity index (χ1) is 21.0. The zero-order chi connectivity index (χ0) is 31.0. The summed E-state index contributed by atoms with van der Waals surface area (Å²) in [5.74, 6) is 0.146. The molecule has 2 N–H and O–H groups in total. The Hall–Kier alpha value is -4.49. The lowest BCUT2D eigenvalue weighted by atomic mass is 9.50. The molecule has 8 rings (SSSR count). The van der Waals surface area contributed by atoms with E-state index in [1.807, 2.05) is 18.2 Å². The summed E-state index contributed by atoms with van der Waals surface area (Å²) in [5, 5.41) is 27.7. The quantitative estimate of drug-likeness (QED) is 0.216. The molecule has 1 atom stereocenters. The predicted molar refractivity (Wildman–Crippen MR) is 169 cm³/mol. The van der Waals surface area contributed by atoms with Crippen LogP contribution in [0.15, 0.2) is 53.6 Å². The van der Waals surface area contributed by atoms with Crippen molar-refractivity contribution in [1.29, 1.82) is 5.26 Å². The topological polar surface area (TPSA) is 113 Å². The van der Waals surface area contributed by atoms with E-state index >= 15 is 4.39 Å². The van der Waals surface area contributed by atoms with E-state index in [0.29, 0.717) is 61.7 Å². The predicted octanol–water partition coefficient (Wildman–Crippen LogP) is 6.51. The first-order valence-electron chi connectivity index (χ1n) is 14.7. The van der Waals surface area contributed by atoms with Crippen LogP contribution in [0.2, 0.25) is 5.02 Å². The average Bonchev–Trinajstić information content (AvgIpc) is 3.30. The lowest BCUT2D eigenvalue weighted by Gasteiger charge is -2.60. The van der Waals surface area contributed by atoms with Crippen molar-refractivity contribution in [2.75, 3.05) is 17.2 Å². The maximum Gasteiger partial charge on any atom is 0.258 e. The van der Waals surface area contributed by atoms with E-state index in [1.165, 1.54) is 15.4 Å². The lowest BCUT2D eigenvalue weighted by Crippen LogP contribution is -2.60. The third kappa shape index (κ3) is 4.49. The van der Waals surface area contributed by atoms with Gasteiger partial charge >= 0.3 is 0 Å². The molecule has 0 amide bonds. The van der Waals surface area contributed by atoms with Crippen LogP contribution in [0.25, 0.3) is 21.7 Å². The fourth-order valence-electron chi connectivity index (χ4n) is 6.54. The molecule has 3 heterocycles. The van der Waals surface area contributed by atoms with Crippen molar-refractivity contribution >= 4 is 44.7 Å². The molecule has 1 unspecified atom stereocenters. The van der Waals surface area contributed by atoms with Gasteiger partial charge in [-0.2, -0.15) is 9.65 Å². The Kier molecular flexibility index (Phi) is 6.45. The Morgan fingerprint density at radius 1 is 1.18 bits per heavy atom. The van der Waals surface area contributed by atoms with E-state index in [2.05, 4.69) is 52.8 Å². The smallest absolute Gasteiger partial charge is 0.258 e. The molecule has 3 fully saturated rings. The van der Waals surface area contributed by atoms with Gasteiger partial charge in [0.1, 0.15) is 17.8 Å². The van der Waals surface area contributed by atoms with Crippen LogP contribution in [0, 0.1) is 28.6 Å². The normalized spacial score (nSPS) is 19.7. The summed E-state index contributed by atoms with van der Waals surface area (Å²) in [6.45, 7) is 6.92. The van der Waals surface area contributed by atoms with Crippen LogP contribution in [0.5, 0.6) is 0 Å². The van der Waals surface area contributed by atoms with Crippen molar-refractivity contribution in [3.8, 4) is 6.07 Å². The van der Waals surface area contributed by atoms with Crippen LogP contribution < -0.4 is 16.2 Å². The zero-order valence-corrected chi connectivity index (χ0v) is 25.7. The minimum Gasteiger partial charge on any atom is -0.383 e. The van der Waals surface area contributed by atoms with E-state index in [-0.39, 0.29) is 22.2 Å². The first kappa shape index (κ1) is 28.3. The number of nitrogens with one attached hydrogen (secondary N) is 2. The molecule has 9 nitrogen and oxygen atoms in total. The van der Waals surface area contributed by atoms with Gasteiger partial charge < -0.3 is 15.2 Å². The van der Waals surface area contributed by atoms with Gasteiger partial charge in [0.05, 0.1) is 27.3 Å². The number of benzene rings is 2. The SMILES string of the molecule is Cn1ccc2c(C(Nc3cc(Cl)c4ncc(C#N)c(NCC(C)(C)C)c4c3)c3nnn(C45CC(C4)C5)c3F)cccc2c1=O. The molecule has 5 aromatic rings. The maximum absolute atomic E-state index is 16.3. The summed E-state index contributed by atoms with van der Waals surface area (Å²) in [7, 11) is 1.70. The number of anilines is 2. The van der Waals surface area contributed by atoms with Gasteiger partial charge in [-0.15, -0.1) is 5.10 Å². The molecule has 0 radical (unpaired) electrons. The molecular formula is C33H32ClFN8O. The summed E-state index contributed by atoms with van der Waals surface area (Å²) >= 11 is 6.79. The molecule has 44 heavy (non-hydrogen) atoms. The molecule has 3 aliphatic rings. The number of nitriles is 1. The molecule has 0 aliphatic heterocycles. The monoisotopic (exact) mass is 610 g/mol. The molecule has 2 aromatic carbocycles. The number of aryl methyl sites for hydroxylation is 1. The van der Waals surface area contributed by atoms with Crippen molar-refractivity contribution in [3.63, 3.8) is 0 Å². The van der Waals surface area contributed by atoms with Gasteiger partial charge in [-0.25, -0.2) is 4.68 Å². The summed E-state index contributed by atoms with van der Waals surface area (Å²) in [5.41, 5.74) is 2.44. The van der Waals surface area contributed by atoms with Gasteiger partial charge in [0.25, 0.3) is 5.56 Å². The highest BCUT2D eigenvalue weighted by Crippen LogP contribution is 2.62. The molecule has 3 aliphatic carbocycles. The Labute approximate surface area is 258 Å². The molecule has 3 aromatic heterocycles. The van der Waals surface area contributed by atoms with Crippen LogP contribution in [-0.4, -0.2) is 31.1 Å². The summed E-state index contributed by atoms with van der Waals surface area (Å²) in [4.78, 5) is 17.5. The van der Waals surface area contributed by atoms with Crippen molar-refractivity contribution in [1.82, 2.24) is 24.5 Å². The van der Waals surface area contributed by atoms with Gasteiger partial charge in [0.15, 0.2) is 0 Å². The lowest BCUT2D eigenvalue weighted by molar-refractivity contribution is -0.106. The Morgan fingerprint density at radius 3 is 2.64 bits per heavy atom.